The highest BCUT2D eigenvalue weighted by Crippen LogP contribution is 2.25. The fraction of sp³-hybridized carbons (Fsp3) is 0.188. The van der Waals surface area contributed by atoms with Crippen molar-refractivity contribution in [2.45, 2.75) is 11.6 Å². The van der Waals surface area contributed by atoms with Crippen LogP contribution in [0.4, 0.5) is 0 Å². The zero-order valence-corrected chi connectivity index (χ0v) is 15.9. The van der Waals surface area contributed by atoms with Gasteiger partial charge in [0.15, 0.2) is 5.78 Å². The molecule has 0 atom stereocenters. The van der Waals surface area contributed by atoms with Crippen molar-refractivity contribution < 1.29 is 13.9 Å². The summed E-state index contributed by atoms with van der Waals surface area (Å²) in [6.45, 7) is 0. The predicted octanol–water partition coefficient (Wildman–Crippen LogP) is 4.47. The molecule has 0 aliphatic carbocycles. The minimum Gasteiger partial charge on any atom is -0.497 e. The SMILES string of the molecule is COc1ccc(Cc2nnc(SCC(=O)c3ccc(Br)s3)o2)cc1. The Morgan fingerprint density at radius 2 is 2.04 bits per heavy atom. The largest absolute Gasteiger partial charge is 0.497 e. The number of thioether (sulfide) groups is 1. The Labute approximate surface area is 155 Å². The number of carbonyl (C=O) groups is 1. The number of benzene rings is 1. The van der Waals surface area contributed by atoms with Crippen LogP contribution in [0.1, 0.15) is 21.1 Å². The van der Waals surface area contributed by atoms with Crippen LogP contribution >= 0.6 is 39.0 Å². The Hall–Kier alpha value is -1.64. The summed E-state index contributed by atoms with van der Waals surface area (Å²) in [5.74, 6) is 1.65. The van der Waals surface area contributed by atoms with Gasteiger partial charge in [-0.3, -0.25) is 4.79 Å². The molecule has 2 aromatic heterocycles. The van der Waals surface area contributed by atoms with Gasteiger partial charge in [-0.1, -0.05) is 23.9 Å². The van der Waals surface area contributed by atoms with Gasteiger partial charge >= 0.3 is 0 Å². The number of ketones is 1. The lowest BCUT2D eigenvalue weighted by Crippen LogP contribution is -1.99. The van der Waals surface area contributed by atoms with Crippen molar-refractivity contribution in [1.29, 1.82) is 0 Å². The maximum absolute atomic E-state index is 12.1. The van der Waals surface area contributed by atoms with Crippen molar-refractivity contribution in [1.82, 2.24) is 10.2 Å². The van der Waals surface area contributed by atoms with Gasteiger partial charge in [0.05, 0.1) is 27.9 Å². The highest BCUT2D eigenvalue weighted by Gasteiger charge is 2.13. The summed E-state index contributed by atoms with van der Waals surface area (Å²) in [4.78, 5) is 12.8. The fourth-order valence-electron chi connectivity index (χ4n) is 1.95. The molecular formula is C16H13BrN2O3S2. The molecule has 0 radical (unpaired) electrons. The van der Waals surface area contributed by atoms with Crippen LogP contribution in [0.2, 0.25) is 0 Å². The number of Topliss-reactive ketones (excluding diaryl/α,β-unsaturated/α-hetero) is 1. The van der Waals surface area contributed by atoms with E-state index >= 15 is 0 Å². The summed E-state index contributed by atoms with van der Waals surface area (Å²) < 4.78 is 11.7. The number of halogens is 1. The average Bonchev–Trinajstić information content (AvgIpc) is 3.22. The van der Waals surface area contributed by atoms with E-state index in [0.29, 0.717) is 22.4 Å². The predicted molar refractivity (Wildman–Crippen MR) is 97.2 cm³/mol. The summed E-state index contributed by atoms with van der Waals surface area (Å²) in [6.07, 6.45) is 0.545. The monoisotopic (exact) mass is 424 g/mol. The number of ether oxygens (including phenoxy) is 1. The first-order chi connectivity index (χ1) is 11.6. The number of hydrogen-bond donors (Lipinski definition) is 0. The molecule has 0 unspecified atom stereocenters. The molecule has 0 N–H and O–H groups in total. The molecule has 0 saturated heterocycles. The minimum atomic E-state index is 0.0469. The molecule has 0 aliphatic rings. The lowest BCUT2D eigenvalue weighted by atomic mass is 10.1. The number of nitrogens with zero attached hydrogens (tertiary/aromatic N) is 2. The topological polar surface area (TPSA) is 65.2 Å². The zero-order valence-electron chi connectivity index (χ0n) is 12.7. The van der Waals surface area contributed by atoms with Crippen molar-refractivity contribution in [2.75, 3.05) is 12.9 Å². The van der Waals surface area contributed by atoms with E-state index in [9.17, 15) is 4.79 Å². The highest BCUT2D eigenvalue weighted by molar-refractivity contribution is 9.11. The smallest absolute Gasteiger partial charge is 0.277 e. The maximum Gasteiger partial charge on any atom is 0.277 e. The molecule has 0 aliphatic heterocycles. The van der Waals surface area contributed by atoms with Crippen LogP contribution in [-0.2, 0) is 6.42 Å². The van der Waals surface area contributed by atoms with E-state index in [1.165, 1.54) is 23.1 Å². The number of carbonyl (C=O) groups excluding carboxylic acids is 1. The van der Waals surface area contributed by atoms with Crippen molar-refractivity contribution in [3.63, 3.8) is 0 Å². The third kappa shape index (κ3) is 4.46. The maximum atomic E-state index is 12.1. The number of rotatable bonds is 7. The Balaban J connectivity index is 1.56. The molecule has 0 fully saturated rings. The van der Waals surface area contributed by atoms with Crippen LogP contribution in [0.15, 0.2) is 49.8 Å². The molecule has 5 nitrogen and oxygen atoms in total. The third-order valence-electron chi connectivity index (χ3n) is 3.14. The van der Waals surface area contributed by atoms with E-state index in [4.69, 9.17) is 9.15 Å². The first-order valence-electron chi connectivity index (χ1n) is 7.00. The first-order valence-corrected chi connectivity index (χ1v) is 9.60. The van der Waals surface area contributed by atoms with Gasteiger partial charge in [-0.25, -0.2) is 0 Å². The molecule has 24 heavy (non-hydrogen) atoms. The lowest BCUT2D eigenvalue weighted by molar-refractivity contribution is 0.102. The molecule has 3 aromatic rings. The van der Waals surface area contributed by atoms with Crippen LogP contribution in [0.3, 0.4) is 0 Å². The van der Waals surface area contributed by atoms with Crippen LogP contribution in [-0.4, -0.2) is 28.8 Å². The number of methoxy groups -OCH3 is 1. The van der Waals surface area contributed by atoms with Gasteiger partial charge in [-0.05, 0) is 45.8 Å². The van der Waals surface area contributed by atoms with E-state index in [2.05, 4.69) is 26.1 Å². The second kappa shape index (κ2) is 7.96. The lowest BCUT2D eigenvalue weighted by Gasteiger charge is -2.00. The Bertz CT molecular complexity index is 830. The van der Waals surface area contributed by atoms with Crippen LogP contribution < -0.4 is 4.74 Å². The second-order valence-electron chi connectivity index (χ2n) is 4.80. The van der Waals surface area contributed by atoms with Crippen molar-refractivity contribution in [2.24, 2.45) is 0 Å². The van der Waals surface area contributed by atoms with Gasteiger partial charge in [-0.15, -0.1) is 21.5 Å². The Kier molecular flexibility index (Phi) is 5.70. The summed E-state index contributed by atoms with van der Waals surface area (Å²) >= 11 is 6.02. The van der Waals surface area contributed by atoms with E-state index in [0.717, 1.165) is 15.1 Å². The zero-order chi connectivity index (χ0) is 16.9. The van der Waals surface area contributed by atoms with Gasteiger partial charge in [0.25, 0.3) is 5.22 Å². The summed E-state index contributed by atoms with van der Waals surface area (Å²) in [5, 5.41) is 8.41. The Morgan fingerprint density at radius 1 is 1.25 bits per heavy atom. The van der Waals surface area contributed by atoms with E-state index in [1.807, 2.05) is 30.3 Å². The normalized spacial score (nSPS) is 10.8. The Morgan fingerprint density at radius 3 is 2.71 bits per heavy atom. The number of thiophene rings is 1. The molecule has 0 amide bonds. The van der Waals surface area contributed by atoms with Gasteiger partial charge in [0.1, 0.15) is 5.75 Å². The van der Waals surface area contributed by atoms with E-state index < -0.39 is 0 Å². The molecule has 3 rings (SSSR count). The van der Waals surface area contributed by atoms with Gasteiger partial charge in [-0.2, -0.15) is 0 Å². The minimum absolute atomic E-state index is 0.0469. The average molecular weight is 425 g/mol. The second-order valence-corrected chi connectivity index (χ2v) is 8.19. The molecule has 124 valence electrons. The number of hydrogen-bond acceptors (Lipinski definition) is 7. The standard InChI is InChI=1S/C16H13BrN2O3S2/c1-21-11-4-2-10(3-5-11)8-15-18-19-16(22-15)23-9-12(20)13-6-7-14(17)24-13/h2-7H,8-9H2,1H3. The molecule has 0 bridgehead atoms. The van der Waals surface area contributed by atoms with Crippen LogP contribution in [0.25, 0.3) is 0 Å². The van der Waals surface area contributed by atoms with Crippen molar-refractivity contribution >= 4 is 44.8 Å². The van der Waals surface area contributed by atoms with E-state index in [-0.39, 0.29) is 11.5 Å². The van der Waals surface area contributed by atoms with Crippen molar-refractivity contribution in [3.8, 4) is 5.75 Å². The van der Waals surface area contributed by atoms with Crippen LogP contribution in [0.5, 0.6) is 5.75 Å². The van der Waals surface area contributed by atoms with Crippen LogP contribution in [0, 0.1) is 0 Å². The highest BCUT2D eigenvalue weighted by atomic mass is 79.9. The van der Waals surface area contributed by atoms with Crippen molar-refractivity contribution in [3.05, 3.63) is 56.5 Å². The van der Waals surface area contributed by atoms with Gasteiger partial charge in [0, 0.05) is 0 Å². The first kappa shape index (κ1) is 17.2. The molecule has 0 saturated carbocycles. The summed E-state index contributed by atoms with van der Waals surface area (Å²) in [5.41, 5.74) is 1.05. The molecule has 1 aromatic carbocycles. The summed E-state index contributed by atoms with van der Waals surface area (Å²) in [6, 6.07) is 11.4. The van der Waals surface area contributed by atoms with E-state index in [1.54, 1.807) is 13.2 Å². The van der Waals surface area contributed by atoms with Gasteiger partial charge in [0.2, 0.25) is 5.89 Å². The molecule has 0 spiro atoms. The molecule has 2 heterocycles. The quantitative estimate of drug-likeness (QED) is 0.411. The molecular weight excluding hydrogens is 412 g/mol. The summed E-state index contributed by atoms with van der Waals surface area (Å²) in [7, 11) is 1.63. The third-order valence-corrected chi connectivity index (χ3v) is 5.62. The fourth-order valence-corrected chi connectivity index (χ4v) is 4.03. The number of aromatic nitrogens is 2. The van der Waals surface area contributed by atoms with Gasteiger partial charge < -0.3 is 9.15 Å². The molecule has 8 heteroatoms.